The van der Waals surface area contributed by atoms with E-state index in [2.05, 4.69) is 52.0 Å². The van der Waals surface area contributed by atoms with Gasteiger partial charge in [-0.2, -0.15) is 0 Å². The molecule has 2 bridgehead atoms. The maximum absolute atomic E-state index is 14.1. The number of benzene rings is 1. The van der Waals surface area contributed by atoms with Crippen LogP contribution in [0.5, 0.6) is 0 Å². The Hall–Kier alpha value is -2.79. The lowest BCUT2D eigenvalue weighted by Gasteiger charge is -2.50. The molecule has 4 heterocycles. The zero-order chi connectivity index (χ0) is 35.4. The van der Waals surface area contributed by atoms with E-state index >= 15 is 0 Å². The van der Waals surface area contributed by atoms with Gasteiger partial charge in [0.05, 0.1) is 31.0 Å². The van der Waals surface area contributed by atoms with Crippen LogP contribution in [0.1, 0.15) is 84.3 Å². The maximum Gasteiger partial charge on any atom is 0.316 e. The minimum atomic E-state index is -1.75. The Morgan fingerprint density at radius 2 is 1.88 bits per heavy atom. The molecule has 6 aliphatic rings. The predicted molar refractivity (Wildman–Crippen MR) is 190 cm³/mol. The molecule has 0 saturated carbocycles. The summed E-state index contributed by atoms with van der Waals surface area (Å²) in [5.74, 6) is -2.02. The minimum Gasteiger partial charge on any atom is -0.462 e. The number of hydrogen-bond donors (Lipinski definition) is 3. The van der Waals surface area contributed by atoms with Crippen LogP contribution in [-0.4, -0.2) is 76.9 Å². The number of hydrogen-bond acceptors (Lipinski definition) is 9. The van der Waals surface area contributed by atoms with E-state index in [4.69, 9.17) is 29.4 Å². The summed E-state index contributed by atoms with van der Waals surface area (Å²) in [6.45, 7) is 10.5. The number of nitrogens with two attached hydrogens (primary N) is 1. The zero-order valence-electron chi connectivity index (χ0n) is 30.2. The number of fused-ring (bicyclic) bond motifs is 3. The monoisotopic (exact) mass is 689 g/mol. The molecule has 272 valence electrons. The van der Waals surface area contributed by atoms with Crippen molar-refractivity contribution in [2.75, 3.05) is 12.3 Å². The first-order valence-electron chi connectivity index (χ1n) is 18.7. The van der Waals surface area contributed by atoms with Crippen LogP contribution in [0.3, 0.4) is 0 Å². The molecule has 4 aliphatic heterocycles. The number of carbonyl (C=O) groups excluding carboxylic acids is 1. The quantitative estimate of drug-likeness (QED) is 0.209. The minimum absolute atomic E-state index is 0.0164. The largest absolute Gasteiger partial charge is 0.462 e. The number of carbonyl (C=O) groups is 1. The van der Waals surface area contributed by atoms with Crippen LogP contribution in [0.4, 0.5) is 5.69 Å². The van der Waals surface area contributed by atoms with Gasteiger partial charge >= 0.3 is 5.97 Å². The average Bonchev–Trinajstić information content (AvgIpc) is 3.64. The first-order valence-corrected chi connectivity index (χ1v) is 18.7. The summed E-state index contributed by atoms with van der Waals surface area (Å²) in [6, 6.07) is 6.12. The van der Waals surface area contributed by atoms with Crippen LogP contribution in [0.2, 0.25) is 0 Å². The molecule has 0 radical (unpaired) electrons. The van der Waals surface area contributed by atoms with Crippen LogP contribution in [0, 0.1) is 17.8 Å². The zero-order valence-corrected chi connectivity index (χ0v) is 30.2. The topological polar surface area (TPSA) is 130 Å². The van der Waals surface area contributed by atoms with Crippen molar-refractivity contribution in [3.05, 3.63) is 76.4 Å². The summed E-state index contributed by atoms with van der Waals surface area (Å²) in [5.41, 5.74) is 9.86. The second kappa shape index (κ2) is 14.0. The van der Waals surface area contributed by atoms with E-state index in [9.17, 15) is 15.0 Å². The van der Waals surface area contributed by atoms with Crippen LogP contribution in [-0.2, 0) is 41.3 Å². The Morgan fingerprint density at radius 1 is 1.08 bits per heavy atom. The van der Waals surface area contributed by atoms with Crippen LogP contribution in [0.15, 0.2) is 65.3 Å². The number of esters is 1. The lowest BCUT2D eigenvalue weighted by Crippen LogP contribution is -2.58. The molecular formula is C41H55NO8. The lowest BCUT2D eigenvalue weighted by atomic mass is 9.71. The van der Waals surface area contributed by atoms with E-state index in [0.29, 0.717) is 36.3 Å². The van der Waals surface area contributed by atoms with E-state index in [0.717, 1.165) is 43.4 Å². The molecule has 1 unspecified atom stereocenters. The molecule has 12 atom stereocenters. The van der Waals surface area contributed by atoms with Gasteiger partial charge in [0.15, 0.2) is 5.79 Å². The molecule has 0 aromatic heterocycles. The van der Waals surface area contributed by atoms with Gasteiger partial charge in [-0.1, -0.05) is 57.2 Å². The molecule has 1 aromatic rings. The molecule has 1 spiro atoms. The Balaban J connectivity index is 1.24. The summed E-state index contributed by atoms with van der Waals surface area (Å²) in [6.07, 6.45) is 12.6. The highest BCUT2D eigenvalue weighted by Gasteiger charge is 2.60. The number of allylic oxidation sites excluding steroid dienone is 2. The smallest absolute Gasteiger partial charge is 0.316 e. The number of aliphatic hydroxyl groups is 2. The van der Waals surface area contributed by atoms with Gasteiger partial charge < -0.3 is 39.6 Å². The standard InChI is InChI=1S/C41H55NO8/c1-6-35-23(2)14-15-40(50-35)21-33-20-31(49-40)13-10-25(4)37(47-32-18-27-11-12-30(42)17-28(27)19-32)24(3)8-7-9-29-22-46-38-36(43)26(5)16-34(39(44)48-33)41(29,38)45/h7-12,16-17,23-24,31-38,43,45H,6,13-15,18-22,42H2,1-5H3/b8-7+,25-10+,29-9+/t23-,24-,31+,32?,33-,34-,35+,36+,37+,38+,40+,41+/m0/s1. The molecule has 9 nitrogen and oxygen atoms in total. The normalized spacial score (nSPS) is 44.6. The highest BCUT2D eigenvalue weighted by atomic mass is 16.7. The number of ether oxygens (including phenoxy) is 5. The number of rotatable bonds is 3. The van der Waals surface area contributed by atoms with Crippen molar-refractivity contribution in [2.45, 2.75) is 140 Å². The van der Waals surface area contributed by atoms with Gasteiger partial charge in [0.2, 0.25) is 0 Å². The Labute approximate surface area is 296 Å². The molecule has 1 aromatic carbocycles. The molecule has 7 rings (SSSR count). The SMILES string of the molecule is CC[C@H]1O[C@]2(CC[C@@H]1C)C[C@@H]1C[C@@H](C/C=C(\C)[C@H](OC3Cc4ccc(N)cc4C3)[C@@H](C)/C=C/C=C3\CO[C@@H]4[C@H](O)C(C)=C[C@@H](C(=O)O1)[C@]34O)O2. The molecule has 4 N–H and O–H groups in total. The molecule has 0 amide bonds. The van der Waals surface area contributed by atoms with Gasteiger partial charge in [-0.3, -0.25) is 4.79 Å². The van der Waals surface area contributed by atoms with Gasteiger partial charge in [0, 0.05) is 30.9 Å². The van der Waals surface area contributed by atoms with Crippen molar-refractivity contribution >= 4 is 11.7 Å². The second-order valence-electron chi connectivity index (χ2n) is 15.9. The Kier molecular flexibility index (Phi) is 9.95. The Morgan fingerprint density at radius 3 is 2.68 bits per heavy atom. The van der Waals surface area contributed by atoms with Crippen molar-refractivity contribution in [3.63, 3.8) is 0 Å². The van der Waals surface area contributed by atoms with Crippen molar-refractivity contribution in [2.24, 2.45) is 17.8 Å². The number of anilines is 1. The maximum atomic E-state index is 14.1. The van der Waals surface area contributed by atoms with Gasteiger partial charge in [-0.15, -0.1) is 0 Å². The van der Waals surface area contributed by atoms with E-state index in [-0.39, 0.29) is 36.9 Å². The third-order valence-electron chi connectivity index (χ3n) is 12.2. The molecule has 3 fully saturated rings. The van der Waals surface area contributed by atoms with E-state index in [1.54, 1.807) is 13.0 Å². The fraction of sp³-hybridized carbons (Fsp3) is 0.634. The third kappa shape index (κ3) is 6.66. The molecule has 3 saturated heterocycles. The molecule has 50 heavy (non-hydrogen) atoms. The van der Waals surface area contributed by atoms with Crippen molar-refractivity contribution in [1.82, 2.24) is 0 Å². The van der Waals surface area contributed by atoms with E-state index < -0.39 is 41.6 Å². The summed E-state index contributed by atoms with van der Waals surface area (Å²) < 4.78 is 32.9. The van der Waals surface area contributed by atoms with Crippen molar-refractivity contribution in [1.29, 1.82) is 0 Å². The highest BCUT2D eigenvalue weighted by Crippen LogP contribution is 2.47. The third-order valence-corrected chi connectivity index (χ3v) is 12.2. The highest BCUT2D eigenvalue weighted by molar-refractivity contribution is 5.78. The summed E-state index contributed by atoms with van der Waals surface area (Å²) in [4.78, 5) is 14.1. The van der Waals surface area contributed by atoms with Gasteiger partial charge in [0.1, 0.15) is 29.8 Å². The fourth-order valence-corrected chi connectivity index (χ4v) is 9.30. The van der Waals surface area contributed by atoms with E-state index in [1.807, 2.05) is 18.2 Å². The first kappa shape index (κ1) is 35.6. The fourth-order valence-electron chi connectivity index (χ4n) is 9.30. The summed E-state index contributed by atoms with van der Waals surface area (Å²) >= 11 is 0. The lowest BCUT2D eigenvalue weighted by molar-refractivity contribution is -0.335. The molecular weight excluding hydrogens is 634 g/mol. The van der Waals surface area contributed by atoms with Gasteiger partial charge in [-0.25, -0.2) is 0 Å². The van der Waals surface area contributed by atoms with Gasteiger partial charge in [0.25, 0.3) is 0 Å². The molecule has 9 heteroatoms. The van der Waals surface area contributed by atoms with Crippen molar-refractivity contribution < 1.29 is 38.7 Å². The number of aliphatic hydroxyl groups excluding tert-OH is 1. The summed E-state index contributed by atoms with van der Waals surface area (Å²) in [5, 5.41) is 23.4. The van der Waals surface area contributed by atoms with Crippen molar-refractivity contribution in [3.8, 4) is 0 Å². The van der Waals surface area contributed by atoms with Crippen LogP contribution < -0.4 is 5.73 Å². The predicted octanol–water partition coefficient (Wildman–Crippen LogP) is 5.67. The van der Waals surface area contributed by atoms with E-state index in [1.165, 1.54) is 11.1 Å². The Bertz CT molecular complexity index is 1580. The first-order chi connectivity index (χ1) is 23.9. The molecule has 2 aliphatic carbocycles. The summed E-state index contributed by atoms with van der Waals surface area (Å²) in [7, 11) is 0. The van der Waals surface area contributed by atoms with Gasteiger partial charge in [-0.05, 0) is 91.8 Å². The van der Waals surface area contributed by atoms with Crippen LogP contribution >= 0.6 is 0 Å². The second-order valence-corrected chi connectivity index (χ2v) is 15.9. The van der Waals surface area contributed by atoms with Crippen LogP contribution in [0.25, 0.3) is 0 Å². The average molecular weight is 690 g/mol. The number of nitrogen functional groups attached to an aromatic ring is 1.